The smallest absolute Gasteiger partial charge is 0.255 e. The molecule has 1 amide bonds. The first kappa shape index (κ1) is 18.9. The number of allylic oxidation sites excluding steroid dienone is 1. The number of carbonyl (C=O) groups is 1. The topological polar surface area (TPSA) is 62.4 Å². The molecule has 0 radical (unpaired) electrons. The highest BCUT2D eigenvalue weighted by Gasteiger charge is 2.29. The summed E-state index contributed by atoms with van der Waals surface area (Å²) in [7, 11) is 0. The van der Waals surface area contributed by atoms with Crippen molar-refractivity contribution < 1.29 is 9.53 Å². The molecule has 3 rings (SSSR count). The lowest BCUT2D eigenvalue weighted by Gasteiger charge is -2.30. The van der Waals surface area contributed by atoms with Crippen LogP contribution in [0, 0.1) is 6.92 Å². The molecular weight excluding hydrogens is 358 g/mol. The van der Waals surface area contributed by atoms with E-state index in [4.69, 9.17) is 17.0 Å². The number of ether oxygens (including phenoxy) is 1. The minimum absolute atomic E-state index is 0.169. The van der Waals surface area contributed by atoms with E-state index in [0.717, 1.165) is 28.3 Å². The molecule has 0 spiro atoms. The predicted octanol–water partition coefficient (Wildman–Crippen LogP) is 3.83. The number of thiocarbonyl (C=S) groups is 1. The van der Waals surface area contributed by atoms with E-state index in [2.05, 4.69) is 16.0 Å². The number of nitrogens with one attached hydrogen (secondary N) is 3. The minimum Gasteiger partial charge on any atom is -0.494 e. The van der Waals surface area contributed by atoms with Crippen molar-refractivity contribution in [3.8, 4) is 5.75 Å². The average molecular weight is 382 g/mol. The standard InChI is InChI=1S/C21H23N3O2S/c1-4-26-17-11-7-15(8-12-17)19-18(14(3)22-21(27)24-19)20(25)23-16-9-5-13(2)6-10-16/h5-12,19H,4H2,1-3H3,(H,23,25)(H2,22,24,27)/t19-/m1/s1. The van der Waals surface area contributed by atoms with Crippen molar-refractivity contribution in [1.29, 1.82) is 0 Å². The van der Waals surface area contributed by atoms with Crippen molar-refractivity contribution in [3.63, 3.8) is 0 Å². The van der Waals surface area contributed by atoms with E-state index in [1.54, 1.807) is 0 Å². The maximum absolute atomic E-state index is 13.0. The molecule has 1 aliphatic heterocycles. The van der Waals surface area contributed by atoms with Gasteiger partial charge in [-0.3, -0.25) is 4.79 Å². The van der Waals surface area contributed by atoms with E-state index >= 15 is 0 Å². The van der Waals surface area contributed by atoms with Gasteiger partial charge in [0.2, 0.25) is 0 Å². The SMILES string of the molecule is CCOc1ccc([C@H]2NC(=S)NC(C)=C2C(=O)Nc2ccc(C)cc2)cc1. The van der Waals surface area contributed by atoms with E-state index < -0.39 is 0 Å². The van der Waals surface area contributed by atoms with Crippen molar-refractivity contribution in [2.24, 2.45) is 0 Å². The van der Waals surface area contributed by atoms with Crippen molar-refractivity contribution in [1.82, 2.24) is 10.6 Å². The first-order valence-electron chi connectivity index (χ1n) is 8.87. The van der Waals surface area contributed by atoms with Crippen LogP contribution >= 0.6 is 12.2 Å². The van der Waals surface area contributed by atoms with Crippen LogP contribution in [0.25, 0.3) is 0 Å². The Balaban J connectivity index is 1.89. The second-order valence-electron chi connectivity index (χ2n) is 6.39. The number of aryl methyl sites for hydroxylation is 1. The predicted molar refractivity (Wildman–Crippen MR) is 112 cm³/mol. The maximum atomic E-state index is 13.0. The zero-order chi connectivity index (χ0) is 19.4. The quantitative estimate of drug-likeness (QED) is 0.687. The minimum atomic E-state index is -0.333. The molecule has 0 aromatic heterocycles. The molecular formula is C21H23N3O2S. The van der Waals surface area contributed by atoms with E-state index in [1.165, 1.54) is 0 Å². The highest BCUT2D eigenvalue weighted by Crippen LogP contribution is 2.29. The first-order chi connectivity index (χ1) is 13.0. The number of anilines is 1. The Morgan fingerprint density at radius 3 is 2.41 bits per heavy atom. The normalized spacial score (nSPS) is 16.4. The van der Waals surface area contributed by atoms with Gasteiger partial charge < -0.3 is 20.7 Å². The Morgan fingerprint density at radius 2 is 1.78 bits per heavy atom. The molecule has 0 saturated heterocycles. The van der Waals surface area contributed by atoms with Gasteiger partial charge in [0.05, 0.1) is 18.2 Å². The summed E-state index contributed by atoms with van der Waals surface area (Å²) in [6, 6.07) is 15.1. The number of hydrogen-bond donors (Lipinski definition) is 3. The van der Waals surface area contributed by atoms with Crippen LogP contribution in [0.3, 0.4) is 0 Å². The van der Waals surface area contributed by atoms with Gasteiger partial charge in [-0.15, -0.1) is 0 Å². The molecule has 2 aromatic rings. The third-order valence-electron chi connectivity index (χ3n) is 4.35. The fraction of sp³-hybridized carbons (Fsp3) is 0.238. The van der Waals surface area contributed by atoms with Gasteiger partial charge in [-0.1, -0.05) is 29.8 Å². The van der Waals surface area contributed by atoms with Gasteiger partial charge in [0.25, 0.3) is 5.91 Å². The van der Waals surface area contributed by atoms with Gasteiger partial charge in [0.15, 0.2) is 5.11 Å². The summed E-state index contributed by atoms with van der Waals surface area (Å²) < 4.78 is 5.50. The van der Waals surface area contributed by atoms with Crippen LogP contribution in [0.15, 0.2) is 59.8 Å². The van der Waals surface area contributed by atoms with Gasteiger partial charge in [0.1, 0.15) is 5.75 Å². The Bertz CT molecular complexity index is 873. The summed E-state index contributed by atoms with van der Waals surface area (Å²) in [5, 5.41) is 9.72. The number of carbonyl (C=O) groups excluding carboxylic acids is 1. The molecule has 1 heterocycles. The molecule has 2 aromatic carbocycles. The molecule has 3 N–H and O–H groups in total. The summed E-state index contributed by atoms with van der Waals surface area (Å²) in [5.41, 5.74) is 4.18. The lowest BCUT2D eigenvalue weighted by atomic mass is 9.95. The molecule has 0 aliphatic carbocycles. The van der Waals surface area contributed by atoms with Crippen molar-refractivity contribution >= 4 is 28.9 Å². The third-order valence-corrected chi connectivity index (χ3v) is 4.57. The van der Waals surface area contributed by atoms with Gasteiger partial charge in [-0.25, -0.2) is 0 Å². The Kier molecular flexibility index (Phi) is 5.76. The van der Waals surface area contributed by atoms with Crippen molar-refractivity contribution in [2.45, 2.75) is 26.8 Å². The van der Waals surface area contributed by atoms with E-state index in [-0.39, 0.29) is 11.9 Å². The van der Waals surface area contributed by atoms with Crippen molar-refractivity contribution in [2.75, 3.05) is 11.9 Å². The monoisotopic (exact) mass is 381 g/mol. The summed E-state index contributed by atoms with van der Waals surface area (Å²) in [4.78, 5) is 13.0. The largest absolute Gasteiger partial charge is 0.494 e. The zero-order valence-electron chi connectivity index (χ0n) is 15.6. The molecule has 0 fully saturated rings. The van der Waals surface area contributed by atoms with Gasteiger partial charge in [-0.2, -0.15) is 0 Å². The van der Waals surface area contributed by atoms with Crippen LogP contribution in [0.1, 0.15) is 31.0 Å². The number of rotatable bonds is 5. The highest BCUT2D eigenvalue weighted by molar-refractivity contribution is 7.80. The van der Waals surface area contributed by atoms with Crippen LogP contribution in [-0.2, 0) is 4.79 Å². The number of benzene rings is 2. The molecule has 1 atom stereocenters. The highest BCUT2D eigenvalue weighted by atomic mass is 32.1. The third kappa shape index (κ3) is 4.46. The molecule has 27 heavy (non-hydrogen) atoms. The van der Waals surface area contributed by atoms with Gasteiger partial charge >= 0.3 is 0 Å². The van der Waals surface area contributed by atoms with Crippen LogP contribution in [0.4, 0.5) is 5.69 Å². The van der Waals surface area contributed by atoms with E-state index in [9.17, 15) is 4.79 Å². The number of amides is 1. The summed E-state index contributed by atoms with van der Waals surface area (Å²) >= 11 is 5.30. The lowest BCUT2D eigenvalue weighted by molar-refractivity contribution is -0.113. The van der Waals surface area contributed by atoms with Crippen LogP contribution in [0.5, 0.6) is 5.75 Å². The Morgan fingerprint density at radius 1 is 1.11 bits per heavy atom. The van der Waals surface area contributed by atoms with Crippen LogP contribution in [-0.4, -0.2) is 17.6 Å². The van der Waals surface area contributed by atoms with Gasteiger partial charge in [-0.05, 0) is 62.8 Å². The first-order valence-corrected chi connectivity index (χ1v) is 9.28. The maximum Gasteiger partial charge on any atom is 0.255 e. The summed E-state index contributed by atoms with van der Waals surface area (Å²) in [6.07, 6.45) is 0. The molecule has 0 bridgehead atoms. The second kappa shape index (κ2) is 8.22. The molecule has 5 nitrogen and oxygen atoms in total. The molecule has 140 valence electrons. The van der Waals surface area contributed by atoms with E-state index in [1.807, 2.05) is 69.3 Å². The Labute approximate surface area is 164 Å². The fourth-order valence-electron chi connectivity index (χ4n) is 3.00. The average Bonchev–Trinajstić information content (AvgIpc) is 2.64. The number of hydrogen-bond acceptors (Lipinski definition) is 3. The summed E-state index contributed by atoms with van der Waals surface area (Å²) in [5.74, 6) is 0.627. The molecule has 0 unspecified atom stereocenters. The molecule has 0 saturated carbocycles. The zero-order valence-corrected chi connectivity index (χ0v) is 16.4. The second-order valence-corrected chi connectivity index (χ2v) is 6.80. The summed E-state index contributed by atoms with van der Waals surface area (Å²) in [6.45, 7) is 6.42. The van der Waals surface area contributed by atoms with Crippen LogP contribution < -0.4 is 20.7 Å². The molecule has 1 aliphatic rings. The fourth-order valence-corrected chi connectivity index (χ4v) is 3.27. The van der Waals surface area contributed by atoms with Gasteiger partial charge in [0, 0.05) is 11.4 Å². The van der Waals surface area contributed by atoms with E-state index in [0.29, 0.717) is 17.3 Å². The molecule has 6 heteroatoms. The van der Waals surface area contributed by atoms with Crippen LogP contribution in [0.2, 0.25) is 0 Å². The lowest BCUT2D eigenvalue weighted by Crippen LogP contribution is -2.45. The van der Waals surface area contributed by atoms with Crippen molar-refractivity contribution in [3.05, 3.63) is 70.9 Å². The Hall–Kier alpha value is -2.86.